The lowest BCUT2D eigenvalue weighted by atomic mass is 9.85. The van der Waals surface area contributed by atoms with Gasteiger partial charge < -0.3 is 10.5 Å². The van der Waals surface area contributed by atoms with Crippen LogP contribution in [0, 0.1) is 0 Å². The van der Waals surface area contributed by atoms with Crippen molar-refractivity contribution in [2.45, 2.75) is 12.3 Å². The van der Waals surface area contributed by atoms with Crippen molar-refractivity contribution in [3.05, 3.63) is 27.3 Å². The zero-order chi connectivity index (χ0) is 13.3. The van der Waals surface area contributed by atoms with Crippen molar-refractivity contribution in [2.75, 3.05) is 13.7 Å². The van der Waals surface area contributed by atoms with Gasteiger partial charge in [0.05, 0.1) is 18.7 Å². The molecule has 0 aliphatic carbocycles. The molecule has 2 N–H and O–H groups in total. The lowest BCUT2D eigenvalue weighted by molar-refractivity contribution is 0.361. The first kappa shape index (κ1) is 13.3. The zero-order valence-electron chi connectivity index (χ0n) is 10.5. The summed E-state index contributed by atoms with van der Waals surface area (Å²) in [5.41, 5.74) is 6.41. The van der Waals surface area contributed by atoms with Crippen LogP contribution in [0.25, 0.3) is 0 Å². The van der Waals surface area contributed by atoms with Crippen LogP contribution in [-0.4, -0.2) is 28.4 Å². The maximum Gasteiger partial charge on any atom is 0.215 e. The molecule has 2 aromatic heterocycles. The maximum atomic E-state index is 5.94. The average Bonchev–Trinajstić information content (AvgIpc) is 2.95. The largest absolute Gasteiger partial charge is 0.481 e. The van der Waals surface area contributed by atoms with Gasteiger partial charge in [0.1, 0.15) is 10.2 Å². The Bertz CT molecular complexity index is 553. The summed E-state index contributed by atoms with van der Waals surface area (Å²) < 4.78 is 7.06. The van der Waals surface area contributed by atoms with Gasteiger partial charge in [-0.2, -0.15) is 5.10 Å². The van der Waals surface area contributed by atoms with Crippen molar-refractivity contribution in [1.29, 1.82) is 0 Å². The lowest BCUT2D eigenvalue weighted by Gasteiger charge is -2.25. The average molecular weight is 287 g/mol. The maximum absolute atomic E-state index is 5.94. The fourth-order valence-corrected chi connectivity index (χ4v) is 3.00. The second-order valence-corrected chi connectivity index (χ2v) is 5.45. The number of ether oxygens (including phenoxy) is 1. The molecule has 2 aromatic rings. The summed E-state index contributed by atoms with van der Waals surface area (Å²) in [6, 6.07) is 0. The van der Waals surface area contributed by atoms with Crippen LogP contribution in [0.3, 0.4) is 0 Å². The predicted octanol–water partition coefficient (Wildman–Crippen LogP) is 1.80. The van der Waals surface area contributed by atoms with E-state index in [1.54, 1.807) is 23.4 Å². The first-order chi connectivity index (χ1) is 8.52. The molecule has 7 heteroatoms. The summed E-state index contributed by atoms with van der Waals surface area (Å²) in [5, 5.41) is 7.36. The Morgan fingerprint density at radius 3 is 2.83 bits per heavy atom. The Kier molecular flexibility index (Phi) is 3.61. The van der Waals surface area contributed by atoms with Crippen molar-refractivity contribution in [3.63, 3.8) is 0 Å². The van der Waals surface area contributed by atoms with Gasteiger partial charge in [0.15, 0.2) is 0 Å². The number of rotatable bonds is 4. The number of nitrogens with zero attached hydrogens (tertiary/aromatic N) is 3. The molecular weight excluding hydrogens is 272 g/mol. The normalized spacial score (nSPS) is 14.5. The van der Waals surface area contributed by atoms with E-state index in [2.05, 4.69) is 10.1 Å². The highest BCUT2D eigenvalue weighted by Crippen LogP contribution is 2.38. The molecule has 5 nitrogen and oxygen atoms in total. The smallest absolute Gasteiger partial charge is 0.215 e. The molecule has 2 heterocycles. The number of aryl methyl sites for hydroxylation is 1. The van der Waals surface area contributed by atoms with Crippen LogP contribution in [0.2, 0.25) is 5.15 Å². The molecule has 0 saturated heterocycles. The van der Waals surface area contributed by atoms with E-state index in [0.29, 0.717) is 17.6 Å². The molecule has 0 aliphatic rings. The van der Waals surface area contributed by atoms with Gasteiger partial charge in [-0.05, 0) is 6.92 Å². The zero-order valence-corrected chi connectivity index (χ0v) is 12.0. The number of methoxy groups -OCH3 is 1. The quantitative estimate of drug-likeness (QED) is 0.931. The summed E-state index contributed by atoms with van der Waals surface area (Å²) in [5.74, 6) is 0.689. The van der Waals surface area contributed by atoms with Gasteiger partial charge in [0.2, 0.25) is 5.88 Å². The Morgan fingerprint density at radius 1 is 1.61 bits per heavy atom. The van der Waals surface area contributed by atoms with Crippen LogP contribution in [0.5, 0.6) is 5.88 Å². The lowest BCUT2D eigenvalue weighted by Crippen LogP contribution is -2.33. The molecule has 0 fully saturated rings. The van der Waals surface area contributed by atoms with Crippen LogP contribution >= 0.6 is 22.9 Å². The molecule has 0 saturated carbocycles. The van der Waals surface area contributed by atoms with Gasteiger partial charge in [-0.3, -0.25) is 0 Å². The monoisotopic (exact) mass is 286 g/mol. The number of hydrogen-bond donors (Lipinski definition) is 1. The van der Waals surface area contributed by atoms with Gasteiger partial charge >= 0.3 is 0 Å². The SMILES string of the molecule is COc1c(C(C)(CN)c2nc(Cl)cs2)cnn1C. The van der Waals surface area contributed by atoms with Gasteiger partial charge in [0, 0.05) is 24.5 Å². The van der Waals surface area contributed by atoms with Crippen molar-refractivity contribution >= 4 is 22.9 Å². The molecule has 0 amide bonds. The fourth-order valence-electron chi connectivity index (χ4n) is 1.87. The van der Waals surface area contributed by atoms with E-state index in [1.165, 1.54) is 11.3 Å². The van der Waals surface area contributed by atoms with Crippen molar-refractivity contribution in [2.24, 2.45) is 12.8 Å². The molecule has 1 unspecified atom stereocenters. The third-order valence-electron chi connectivity index (χ3n) is 3.03. The molecule has 0 aliphatic heterocycles. The second kappa shape index (κ2) is 4.87. The van der Waals surface area contributed by atoms with E-state index in [0.717, 1.165) is 10.6 Å². The number of halogens is 1. The second-order valence-electron chi connectivity index (χ2n) is 4.20. The van der Waals surface area contributed by atoms with Crippen LogP contribution in [0.4, 0.5) is 0 Å². The minimum atomic E-state index is -0.447. The van der Waals surface area contributed by atoms with Crippen molar-refractivity contribution < 1.29 is 4.74 Å². The summed E-state index contributed by atoms with van der Waals surface area (Å²) in [7, 11) is 3.44. The highest BCUT2D eigenvalue weighted by atomic mass is 35.5. The van der Waals surface area contributed by atoms with Gasteiger partial charge in [0.25, 0.3) is 0 Å². The molecule has 2 rings (SSSR count). The highest BCUT2D eigenvalue weighted by Gasteiger charge is 2.35. The number of hydrogen-bond acceptors (Lipinski definition) is 5. The Hall–Kier alpha value is -1.11. The molecule has 0 bridgehead atoms. The van der Waals surface area contributed by atoms with E-state index < -0.39 is 5.41 Å². The Morgan fingerprint density at radius 2 is 2.33 bits per heavy atom. The first-order valence-electron chi connectivity index (χ1n) is 5.41. The van der Waals surface area contributed by atoms with Crippen LogP contribution < -0.4 is 10.5 Å². The van der Waals surface area contributed by atoms with Gasteiger partial charge in [-0.1, -0.05) is 11.6 Å². The van der Waals surface area contributed by atoms with Crippen molar-refractivity contribution in [3.8, 4) is 5.88 Å². The molecule has 18 heavy (non-hydrogen) atoms. The van der Waals surface area contributed by atoms with Gasteiger partial charge in [-0.15, -0.1) is 11.3 Å². The van der Waals surface area contributed by atoms with E-state index in [4.69, 9.17) is 22.1 Å². The van der Waals surface area contributed by atoms with Crippen LogP contribution in [0.15, 0.2) is 11.6 Å². The first-order valence-corrected chi connectivity index (χ1v) is 6.66. The molecular formula is C11H15ClN4OS. The predicted molar refractivity (Wildman–Crippen MR) is 72.4 cm³/mol. The third-order valence-corrected chi connectivity index (χ3v) is 4.46. The topological polar surface area (TPSA) is 66.0 Å². The van der Waals surface area contributed by atoms with Crippen molar-refractivity contribution in [1.82, 2.24) is 14.8 Å². The Balaban J connectivity index is 2.56. The van der Waals surface area contributed by atoms with Gasteiger partial charge in [-0.25, -0.2) is 9.67 Å². The van der Waals surface area contributed by atoms with E-state index in [1.807, 2.05) is 14.0 Å². The summed E-state index contributed by atoms with van der Waals surface area (Å²) in [6.45, 7) is 2.42. The number of aromatic nitrogens is 3. The summed E-state index contributed by atoms with van der Waals surface area (Å²) in [4.78, 5) is 4.33. The van der Waals surface area contributed by atoms with Crippen LogP contribution in [0.1, 0.15) is 17.5 Å². The minimum Gasteiger partial charge on any atom is -0.481 e. The summed E-state index contributed by atoms with van der Waals surface area (Å²) >= 11 is 7.38. The fraction of sp³-hybridized carbons (Fsp3) is 0.455. The summed E-state index contributed by atoms with van der Waals surface area (Å²) in [6.07, 6.45) is 1.76. The van der Waals surface area contributed by atoms with Crippen LogP contribution in [-0.2, 0) is 12.5 Å². The van der Waals surface area contributed by atoms with E-state index >= 15 is 0 Å². The third kappa shape index (κ3) is 2.00. The highest BCUT2D eigenvalue weighted by molar-refractivity contribution is 7.10. The van der Waals surface area contributed by atoms with E-state index in [9.17, 15) is 0 Å². The Labute approximate surface area is 115 Å². The number of thiazole rings is 1. The molecule has 0 radical (unpaired) electrons. The molecule has 0 aromatic carbocycles. The minimum absolute atomic E-state index is 0.402. The standard InChI is InChI=1S/C11H15ClN4OS/c1-11(6-13,10-15-8(12)5-18-10)7-4-14-16(2)9(7)17-3/h4-5H,6,13H2,1-3H3. The number of nitrogens with two attached hydrogens (primary N) is 1. The van der Waals surface area contributed by atoms with E-state index in [-0.39, 0.29) is 0 Å². The molecule has 98 valence electrons. The molecule has 1 atom stereocenters. The molecule has 0 spiro atoms.